The monoisotopic (exact) mass is 164 g/mol. The highest BCUT2D eigenvalue weighted by atomic mass is 32.2. The third kappa shape index (κ3) is 2.66. The van der Waals surface area contributed by atoms with Crippen molar-refractivity contribution in [2.45, 2.75) is 24.9 Å². The number of hydrogen-bond donors (Lipinski definition) is 1. The van der Waals surface area contributed by atoms with Crippen LogP contribution in [0.2, 0.25) is 0 Å². The highest BCUT2D eigenvalue weighted by Crippen LogP contribution is 2.38. The average molecular weight is 164 g/mol. The van der Waals surface area contributed by atoms with Gasteiger partial charge in [0.25, 0.3) is 0 Å². The summed E-state index contributed by atoms with van der Waals surface area (Å²) >= 11 is 0. The van der Waals surface area contributed by atoms with Crippen molar-refractivity contribution in [1.29, 1.82) is 0 Å². The second kappa shape index (κ2) is 2.20. The Morgan fingerprint density at radius 2 is 2.00 bits per heavy atom. The Hall–Kier alpha value is -0.0900. The van der Waals surface area contributed by atoms with Crippen molar-refractivity contribution in [1.82, 2.24) is 0 Å². The molecule has 0 heterocycles. The lowest BCUT2D eigenvalue weighted by Gasteiger charge is -2.03. The first-order valence-corrected chi connectivity index (χ1v) is 5.38. The van der Waals surface area contributed by atoms with Gasteiger partial charge in [-0.1, -0.05) is 0 Å². The molecule has 0 saturated heterocycles. The van der Waals surface area contributed by atoms with E-state index in [1.807, 2.05) is 0 Å². The Morgan fingerprint density at radius 3 is 2.30 bits per heavy atom. The highest BCUT2D eigenvalue weighted by Gasteiger charge is 2.40. The van der Waals surface area contributed by atoms with Crippen molar-refractivity contribution in [2.24, 2.45) is 0 Å². The molecule has 0 aromatic carbocycles. The van der Waals surface area contributed by atoms with Crippen molar-refractivity contribution < 1.29 is 13.5 Å². The van der Waals surface area contributed by atoms with Crippen molar-refractivity contribution >= 4 is 9.84 Å². The van der Waals surface area contributed by atoms with Crippen LogP contribution in [0.4, 0.5) is 0 Å². The van der Waals surface area contributed by atoms with E-state index in [4.69, 9.17) is 0 Å². The van der Waals surface area contributed by atoms with Crippen molar-refractivity contribution in [3.8, 4) is 0 Å². The molecule has 0 spiro atoms. The molecule has 0 amide bonds. The van der Waals surface area contributed by atoms with Crippen molar-refractivity contribution in [3.05, 3.63) is 0 Å². The summed E-state index contributed by atoms with van der Waals surface area (Å²) in [6, 6.07) is 0. The third-order valence-electron chi connectivity index (χ3n) is 1.77. The van der Waals surface area contributed by atoms with Gasteiger partial charge in [0.05, 0.1) is 11.4 Å². The SMILES string of the molecule is CS(=O)(=O)CCC1(O)CC1. The second-order valence-electron chi connectivity index (χ2n) is 3.10. The molecule has 1 aliphatic rings. The molecule has 1 aliphatic carbocycles. The molecule has 60 valence electrons. The molecule has 0 radical (unpaired) electrons. The molecule has 1 N–H and O–H groups in total. The van der Waals surface area contributed by atoms with Gasteiger partial charge in [0, 0.05) is 6.26 Å². The number of rotatable bonds is 3. The Morgan fingerprint density at radius 1 is 1.50 bits per heavy atom. The van der Waals surface area contributed by atoms with Crippen molar-refractivity contribution in [2.75, 3.05) is 12.0 Å². The largest absolute Gasteiger partial charge is 0.390 e. The maximum atomic E-state index is 10.6. The quantitative estimate of drug-likeness (QED) is 0.636. The van der Waals surface area contributed by atoms with Gasteiger partial charge in [-0.25, -0.2) is 8.42 Å². The van der Waals surface area contributed by atoms with E-state index in [1.165, 1.54) is 6.26 Å². The topological polar surface area (TPSA) is 54.4 Å². The molecule has 0 bridgehead atoms. The van der Waals surface area contributed by atoms with Crippen LogP contribution in [0.15, 0.2) is 0 Å². The van der Waals surface area contributed by atoms with Crippen LogP contribution in [0.1, 0.15) is 19.3 Å². The maximum Gasteiger partial charge on any atom is 0.147 e. The molecular formula is C6H12O3S. The van der Waals surface area contributed by atoms with Crippen LogP contribution in [0.3, 0.4) is 0 Å². The summed E-state index contributed by atoms with van der Waals surface area (Å²) in [5.41, 5.74) is -0.622. The predicted molar refractivity (Wildman–Crippen MR) is 38.5 cm³/mol. The number of hydrogen-bond acceptors (Lipinski definition) is 3. The first-order valence-electron chi connectivity index (χ1n) is 3.31. The normalized spacial score (nSPS) is 22.6. The minimum absolute atomic E-state index is 0.115. The summed E-state index contributed by atoms with van der Waals surface area (Å²) in [5, 5.41) is 9.23. The molecule has 0 aromatic heterocycles. The summed E-state index contributed by atoms with van der Waals surface area (Å²) < 4.78 is 21.2. The Balaban J connectivity index is 2.30. The van der Waals surface area contributed by atoms with Gasteiger partial charge in [-0.2, -0.15) is 0 Å². The summed E-state index contributed by atoms with van der Waals surface area (Å²) in [7, 11) is -2.88. The predicted octanol–water partition coefficient (Wildman–Crippen LogP) is -0.0540. The van der Waals surface area contributed by atoms with Gasteiger partial charge in [0.15, 0.2) is 0 Å². The van der Waals surface area contributed by atoms with E-state index in [1.54, 1.807) is 0 Å². The molecule has 1 rings (SSSR count). The Kier molecular flexibility index (Phi) is 1.76. The lowest BCUT2D eigenvalue weighted by molar-refractivity contribution is 0.147. The lowest BCUT2D eigenvalue weighted by Crippen LogP contribution is -2.14. The van der Waals surface area contributed by atoms with Crippen LogP contribution in [0.25, 0.3) is 0 Å². The van der Waals surface area contributed by atoms with Crippen molar-refractivity contribution in [3.63, 3.8) is 0 Å². The average Bonchev–Trinajstić information content (AvgIpc) is 2.43. The van der Waals surface area contributed by atoms with Gasteiger partial charge in [-0.15, -0.1) is 0 Å². The van der Waals surface area contributed by atoms with E-state index < -0.39 is 15.4 Å². The van der Waals surface area contributed by atoms with Crippen LogP contribution in [-0.2, 0) is 9.84 Å². The van der Waals surface area contributed by atoms with Gasteiger partial charge in [-0.05, 0) is 19.3 Å². The summed E-state index contributed by atoms with van der Waals surface area (Å²) in [6.45, 7) is 0. The van der Waals surface area contributed by atoms with E-state index in [9.17, 15) is 13.5 Å². The van der Waals surface area contributed by atoms with Gasteiger partial charge in [-0.3, -0.25) is 0 Å². The summed E-state index contributed by atoms with van der Waals surface area (Å²) in [6.07, 6.45) is 3.13. The van der Waals surface area contributed by atoms with E-state index in [2.05, 4.69) is 0 Å². The first kappa shape index (κ1) is 8.01. The molecule has 0 atom stereocenters. The fourth-order valence-electron chi connectivity index (χ4n) is 0.770. The maximum absolute atomic E-state index is 10.6. The zero-order chi connectivity index (χ0) is 7.83. The molecule has 0 unspecified atom stereocenters. The van der Waals surface area contributed by atoms with Gasteiger partial charge in [0.1, 0.15) is 9.84 Å². The van der Waals surface area contributed by atoms with Crippen LogP contribution in [0.5, 0.6) is 0 Å². The fraction of sp³-hybridized carbons (Fsp3) is 1.00. The molecule has 1 saturated carbocycles. The van der Waals surface area contributed by atoms with Crippen LogP contribution < -0.4 is 0 Å². The Bertz CT molecular complexity index is 213. The highest BCUT2D eigenvalue weighted by molar-refractivity contribution is 7.90. The lowest BCUT2D eigenvalue weighted by atomic mass is 10.3. The van der Waals surface area contributed by atoms with Crippen LogP contribution in [0, 0.1) is 0 Å². The zero-order valence-corrected chi connectivity index (χ0v) is 6.82. The van der Waals surface area contributed by atoms with Gasteiger partial charge < -0.3 is 5.11 Å². The molecular weight excluding hydrogens is 152 g/mol. The first-order chi connectivity index (χ1) is 4.41. The second-order valence-corrected chi connectivity index (χ2v) is 5.36. The van der Waals surface area contributed by atoms with E-state index in [0.717, 1.165) is 12.8 Å². The zero-order valence-electron chi connectivity index (χ0n) is 6.00. The standard InChI is InChI=1S/C6H12O3S/c1-10(8,9)5-4-6(7)2-3-6/h7H,2-5H2,1H3. The molecule has 4 heteroatoms. The molecule has 3 nitrogen and oxygen atoms in total. The fourth-order valence-corrected chi connectivity index (χ4v) is 1.52. The minimum Gasteiger partial charge on any atom is -0.390 e. The smallest absolute Gasteiger partial charge is 0.147 e. The third-order valence-corrected chi connectivity index (χ3v) is 2.71. The molecule has 0 aliphatic heterocycles. The minimum atomic E-state index is -2.88. The number of aliphatic hydroxyl groups is 1. The van der Waals surface area contributed by atoms with E-state index in [-0.39, 0.29) is 5.75 Å². The van der Waals surface area contributed by atoms with Crippen LogP contribution >= 0.6 is 0 Å². The summed E-state index contributed by atoms with van der Waals surface area (Å²) in [5.74, 6) is 0.115. The number of sulfone groups is 1. The van der Waals surface area contributed by atoms with Gasteiger partial charge >= 0.3 is 0 Å². The summed E-state index contributed by atoms with van der Waals surface area (Å²) in [4.78, 5) is 0. The Labute approximate surface area is 61.0 Å². The molecule has 10 heavy (non-hydrogen) atoms. The van der Waals surface area contributed by atoms with Gasteiger partial charge in [0.2, 0.25) is 0 Å². The molecule has 1 fully saturated rings. The van der Waals surface area contributed by atoms with E-state index in [0.29, 0.717) is 6.42 Å². The van der Waals surface area contributed by atoms with E-state index >= 15 is 0 Å². The van der Waals surface area contributed by atoms with Crippen LogP contribution in [-0.4, -0.2) is 31.1 Å². The molecule has 0 aromatic rings.